The van der Waals surface area contributed by atoms with Crippen molar-refractivity contribution in [2.75, 3.05) is 41.3 Å². The van der Waals surface area contributed by atoms with Crippen LogP contribution < -0.4 is 30.5 Å². The number of para-hydroxylation sites is 1. The van der Waals surface area contributed by atoms with Crippen LogP contribution in [0.5, 0.6) is 0 Å². The normalized spacial score (nSPS) is 18.0. The van der Waals surface area contributed by atoms with Gasteiger partial charge in [0.15, 0.2) is 5.13 Å². The fourth-order valence-electron chi connectivity index (χ4n) is 13.4. The molecule has 486 valence electrons. The minimum atomic E-state index is -4.63. The lowest BCUT2D eigenvalue weighted by molar-refractivity contribution is -0.144. The van der Waals surface area contributed by atoms with Crippen LogP contribution in [0.25, 0.3) is 31.8 Å². The van der Waals surface area contributed by atoms with Gasteiger partial charge in [0.2, 0.25) is 17.7 Å². The highest BCUT2D eigenvalue weighted by atomic mass is 35.5. The average Bonchev–Trinajstić information content (AvgIpc) is 1.73. The van der Waals surface area contributed by atoms with Crippen molar-refractivity contribution < 1.29 is 37.5 Å². The summed E-state index contributed by atoms with van der Waals surface area (Å²) in [5, 5.41) is 25.1. The molecule has 3 aliphatic heterocycles. The van der Waals surface area contributed by atoms with E-state index in [0.717, 1.165) is 68.1 Å². The number of aryl methyl sites for hydroxylation is 1. The fraction of sp³-hybridized carbons (Fsp3) is 0.406. The number of piperidine rings is 1. The number of β-amino-alcohol motifs (C(OH)–C–C–N with tert-alkyl or cyclic N) is 1. The molecule has 1 aliphatic carbocycles. The van der Waals surface area contributed by atoms with Crippen LogP contribution in [0, 0.1) is 31.1 Å². The van der Waals surface area contributed by atoms with Gasteiger partial charge in [-0.3, -0.25) is 34.0 Å². The van der Waals surface area contributed by atoms with Crippen LogP contribution in [0.15, 0.2) is 114 Å². The number of hydrogen-bond donors (Lipinski definition) is 5. The van der Waals surface area contributed by atoms with Crippen molar-refractivity contribution in [1.29, 1.82) is 0 Å². The van der Waals surface area contributed by atoms with Gasteiger partial charge in [-0.25, -0.2) is 28.1 Å². The van der Waals surface area contributed by atoms with Gasteiger partial charge in [-0.15, -0.1) is 11.3 Å². The number of halogens is 1. The van der Waals surface area contributed by atoms with E-state index in [-0.39, 0.29) is 46.9 Å². The van der Waals surface area contributed by atoms with Gasteiger partial charge in [0.25, 0.3) is 21.8 Å². The van der Waals surface area contributed by atoms with Gasteiger partial charge in [0, 0.05) is 79.7 Å². The molecule has 2 saturated heterocycles. The van der Waals surface area contributed by atoms with Crippen LogP contribution in [-0.4, -0.2) is 117 Å². The zero-order chi connectivity index (χ0) is 65.5. The second-order valence-corrected chi connectivity index (χ2v) is 30.0. The van der Waals surface area contributed by atoms with E-state index in [1.807, 2.05) is 128 Å². The first-order valence-corrected chi connectivity index (χ1v) is 35.4. The number of nitrogens with zero attached hydrogens (tertiary/aromatic N) is 8. The van der Waals surface area contributed by atoms with E-state index in [0.29, 0.717) is 78.1 Å². The van der Waals surface area contributed by atoms with E-state index in [9.17, 15) is 37.5 Å². The maximum absolute atomic E-state index is 14.8. The molecular weight excluding hydrogens is 1260 g/mol. The molecule has 0 unspecified atom stereocenters. The standard InChI is InChI=1S/C69H77ClN12O8S3/c1-40(44-19-21-46(22-20-44)61-41(2)71-39-91-61)73-65(86)56-34-49(83)37-81(56)67(88)62(69(4,5)6)76-63(84)47-28-30-79(31-29-47)48-23-25-58(54(70)33-48)93(89,90)78-66(87)60-50(52-35-72-82(42(52)3)36-43-13-8-7-9-14-43)24-26-59(75-60)80-32-27-45-15-12-16-51(53(45)38-80)64(85)77-68-74-55-17-10-11-18-57(55)92-68/h10-12,15-26,33,35,39-40,43,47,49,56,62,83H,7-9,13-14,27-32,34,36-38H2,1-6H3,(H,73,86)(H,76,84)(H,78,87)(H,74,77,85)/t40-,49+,56-,62+/m0/s1. The number of aliphatic hydroxyl groups is 1. The van der Waals surface area contributed by atoms with Crippen LogP contribution >= 0.6 is 34.3 Å². The first kappa shape index (κ1) is 65.0. The summed E-state index contributed by atoms with van der Waals surface area (Å²) in [6, 6.07) is 27.0. The number of carbonyl (C=O) groups is 5. The summed E-state index contributed by atoms with van der Waals surface area (Å²) >= 11 is 9.83. The first-order chi connectivity index (χ1) is 44.6. The summed E-state index contributed by atoms with van der Waals surface area (Å²) < 4.78 is 34.1. The molecule has 8 aromatic rings. The van der Waals surface area contributed by atoms with Crippen molar-refractivity contribution in [2.24, 2.45) is 17.3 Å². The number of benzene rings is 4. The SMILES string of the molecule is Cc1ncsc1-c1ccc([C@H](C)NC(=O)[C@@H]2C[C@@H](O)CN2C(=O)[C@@H](NC(=O)C2CCN(c3ccc(S(=O)(=O)NC(=O)c4nc(N5CCc6cccc(C(=O)Nc7nc8ccccc8s7)c6C5)ccc4-c4cnn(CC5CCCCC5)c4C)c(Cl)c3)CC2)C(C)(C)C)cc1. The molecule has 93 heavy (non-hydrogen) atoms. The quantitative estimate of drug-likeness (QED) is 0.0569. The molecule has 20 nitrogen and oxygen atoms in total. The van der Waals surface area contributed by atoms with E-state index in [1.54, 1.807) is 35.7 Å². The third kappa shape index (κ3) is 14.1. The number of thiazole rings is 2. The van der Waals surface area contributed by atoms with Crippen LogP contribution in [0.4, 0.5) is 16.6 Å². The van der Waals surface area contributed by atoms with Crippen molar-refractivity contribution in [3.63, 3.8) is 0 Å². The smallest absolute Gasteiger partial charge is 0.284 e. The van der Waals surface area contributed by atoms with Gasteiger partial charge in [-0.05, 0) is 135 Å². The van der Waals surface area contributed by atoms with E-state index < -0.39 is 63.3 Å². The van der Waals surface area contributed by atoms with Gasteiger partial charge < -0.3 is 30.4 Å². The van der Waals surface area contributed by atoms with Gasteiger partial charge in [0.1, 0.15) is 28.5 Å². The number of nitrogens with one attached hydrogen (secondary N) is 4. The van der Waals surface area contributed by atoms with Crippen molar-refractivity contribution in [3.8, 4) is 21.6 Å². The molecule has 0 spiro atoms. The first-order valence-electron chi connectivity index (χ1n) is 31.8. The van der Waals surface area contributed by atoms with Crippen LogP contribution in [0.1, 0.15) is 134 Å². The number of fused-ring (bicyclic) bond motifs is 2. The molecule has 7 heterocycles. The largest absolute Gasteiger partial charge is 0.391 e. The zero-order valence-corrected chi connectivity index (χ0v) is 56.2. The molecule has 0 radical (unpaired) electrons. The summed E-state index contributed by atoms with van der Waals surface area (Å²) in [4.78, 5) is 91.5. The van der Waals surface area contributed by atoms with Gasteiger partial charge in [0.05, 0.1) is 49.7 Å². The van der Waals surface area contributed by atoms with Crippen molar-refractivity contribution in [1.82, 2.24) is 45.0 Å². The molecule has 12 rings (SSSR count). The summed E-state index contributed by atoms with van der Waals surface area (Å²) in [6.07, 6.45) is 7.98. The molecule has 1 saturated carbocycles. The second kappa shape index (κ2) is 27.1. The van der Waals surface area contributed by atoms with Gasteiger partial charge >= 0.3 is 0 Å². The zero-order valence-electron chi connectivity index (χ0n) is 52.9. The molecule has 5 amide bonds. The fourth-order valence-corrected chi connectivity index (χ4v) is 16.6. The number of carbonyl (C=O) groups excluding carboxylic acids is 5. The minimum Gasteiger partial charge on any atom is -0.391 e. The number of pyridine rings is 1. The predicted octanol–water partition coefficient (Wildman–Crippen LogP) is 11.0. The van der Waals surface area contributed by atoms with Crippen LogP contribution in [0.2, 0.25) is 5.02 Å². The van der Waals surface area contributed by atoms with E-state index >= 15 is 0 Å². The molecular formula is C69H77ClN12O8S3. The van der Waals surface area contributed by atoms with E-state index in [1.165, 1.54) is 47.6 Å². The Morgan fingerprint density at radius 3 is 2.30 bits per heavy atom. The van der Waals surface area contributed by atoms with Crippen molar-refractivity contribution in [2.45, 2.75) is 142 Å². The maximum Gasteiger partial charge on any atom is 0.284 e. The summed E-state index contributed by atoms with van der Waals surface area (Å²) in [6.45, 7) is 13.6. The Morgan fingerprint density at radius 1 is 0.817 bits per heavy atom. The average molecular weight is 1330 g/mol. The molecule has 24 heteroatoms. The number of hydrogen-bond acceptors (Lipinski definition) is 16. The highest BCUT2D eigenvalue weighted by Gasteiger charge is 2.45. The number of amides is 5. The highest BCUT2D eigenvalue weighted by Crippen LogP contribution is 2.37. The lowest BCUT2D eigenvalue weighted by atomic mass is 9.84. The van der Waals surface area contributed by atoms with Gasteiger partial charge in [-0.2, -0.15) is 5.10 Å². The summed E-state index contributed by atoms with van der Waals surface area (Å²) in [7, 11) is -4.63. The number of sulfonamides is 1. The Labute approximate surface area is 554 Å². The molecule has 5 N–H and O–H groups in total. The van der Waals surface area contributed by atoms with Crippen LogP contribution in [-0.2, 0) is 43.9 Å². The lowest BCUT2D eigenvalue weighted by Crippen LogP contribution is -2.59. The minimum absolute atomic E-state index is 0.0547. The Balaban J connectivity index is 0.712. The third-order valence-electron chi connectivity index (χ3n) is 18.7. The summed E-state index contributed by atoms with van der Waals surface area (Å²) in [5.41, 5.74) is 9.32. The topological polar surface area (TPSA) is 254 Å². The molecule has 4 atom stereocenters. The maximum atomic E-state index is 14.8. The van der Waals surface area contributed by atoms with E-state index in [4.69, 9.17) is 21.7 Å². The number of aromatic nitrogens is 5. The number of aliphatic hydroxyl groups excluding tert-OH is 1. The number of anilines is 3. The number of rotatable bonds is 17. The van der Waals surface area contributed by atoms with Crippen molar-refractivity contribution in [3.05, 3.63) is 153 Å². The Morgan fingerprint density at radius 2 is 1.58 bits per heavy atom. The third-order valence-corrected chi connectivity index (χ3v) is 22.4. The molecule has 0 bridgehead atoms. The Hall–Kier alpha value is -8.09. The van der Waals surface area contributed by atoms with Crippen LogP contribution in [0.3, 0.4) is 0 Å². The summed E-state index contributed by atoms with van der Waals surface area (Å²) in [5.74, 6) is -2.02. The Bertz CT molecular complexity index is 4230. The highest BCUT2D eigenvalue weighted by molar-refractivity contribution is 7.90. The molecule has 4 aromatic heterocycles. The molecule has 4 aliphatic rings. The monoisotopic (exact) mass is 1330 g/mol. The lowest BCUT2D eigenvalue weighted by Gasteiger charge is -2.38. The molecule has 4 aromatic carbocycles. The molecule has 3 fully saturated rings. The Kier molecular flexibility index (Phi) is 18.9. The number of likely N-dealkylation sites (tertiary alicyclic amines) is 1. The second-order valence-electron chi connectivity index (χ2n) is 26.1. The van der Waals surface area contributed by atoms with E-state index in [2.05, 4.69) is 30.6 Å². The predicted molar refractivity (Wildman–Crippen MR) is 363 cm³/mol. The van der Waals surface area contributed by atoms with Gasteiger partial charge in [-0.1, -0.05) is 112 Å². The van der Waals surface area contributed by atoms with Crippen molar-refractivity contribution >= 4 is 101 Å².